The van der Waals surface area contributed by atoms with Gasteiger partial charge in [0.15, 0.2) is 6.10 Å². The van der Waals surface area contributed by atoms with Gasteiger partial charge in [-0.2, -0.15) is 0 Å². The zero-order valence-electron chi connectivity index (χ0n) is 29.4. The second-order valence-corrected chi connectivity index (χ2v) is 12.3. The van der Waals surface area contributed by atoms with E-state index in [1.54, 1.807) is 0 Å². The van der Waals surface area contributed by atoms with Gasteiger partial charge in [0.2, 0.25) is 0 Å². The molecule has 0 aromatic heterocycles. The minimum atomic E-state index is -0.790. The molecule has 0 aliphatic heterocycles. The van der Waals surface area contributed by atoms with Gasteiger partial charge in [-0.25, -0.2) is 0 Å². The molecule has 0 heterocycles. The number of carbonyl (C=O) groups is 2. The minimum Gasteiger partial charge on any atom is -0.462 e. The van der Waals surface area contributed by atoms with Crippen molar-refractivity contribution in [2.45, 2.75) is 180 Å². The Labute approximate surface area is 278 Å². The van der Waals surface area contributed by atoms with E-state index in [1.807, 2.05) is 0 Å². The predicted octanol–water partition coefficient (Wildman–Crippen LogP) is 11.5. The first-order valence-electron chi connectivity index (χ1n) is 18.7. The van der Waals surface area contributed by atoms with E-state index in [0.29, 0.717) is 12.8 Å². The summed E-state index contributed by atoms with van der Waals surface area (Å²) in [7, 11) is 0. The average molecular weight is 631 g/mol. The van der Waals surface area contributed by atoms with E-state index in [4.69, 9.17) is 9.47 Å². The first kappa shape index (κ1) is 42.9. The monoisotopic (exact) mass is 631 g/mol. The van der Waals surface area contributed by atoms with Gasteiger partial charge in [-0.15, -0.1) is 0 Å². The van der Waals surface area contributed by atoms with E-state index >= 15 is 0 Å². The van der Waals surface area contributed by atoms with Gasteiger partial charge in [-0.3, -0.25) is 9.59 Å². The number of allylic oxidation sites excluding steroid dienone is 8. The highest BCUT2D eigenvalue weighted by Gasteiger charge is 2.16. The summed E-state index contributed by atoms with van der Waals surface area (Å²) in [5.74, 6) is -0.638. The molecule has 0 aliphatic carbocycles. The Morgan fingerprint density at radius 3 is 1.44 bits per heavy atom. The standard InChI is InChI=1S/C40H70O5/c1-3-5-7-9-11-13-15-17-19-21-22-24-26-28-30-32-34-39(42)44-37-38(36-41)45-40(43)35-33-31-29-27-25-23-20-18-16-14-12-10-8-6-4-2/h6,8,12,14,18,20,25,27,38,41H,3-5,7,9-11,13,15-17,19,21-24,26,28-37H2,1-2H3/b8-6-,14-12-,20-18-,27-25-. The number of unbranched alkanes of at least 4 members (excludes halogenated alkanes) is 17. The molecule has 45 heavy (non-hydrogen) atoms. The second-order valence-electron chi connectivity index (χ2n) is 12.3. The van der Waals surface area contributed by atoms with Crippen LogP contribution >= 0.6 is 0 Å². The molecule has 0 radical (unpaired) electrons. The molecule has 0 aromatic rings. The van der Waals surface area contributed by atoms with Crippen LogP contribution < -0.4 is 0 Å². The zero-order chi connectivity index (χ0) is 32.9. The summed E-state index contributed by atoms with van der Waals surface area (Å²) in [6.45, 7) is 3.98. The van der Waals surface area contributed by atoms with E-state index in [-0.39, 0.29) is 25.2 Å². The molecule has 0 rings (SSSR count). The molecule has 0 fully saturated rings. The largest absolute Gasteiger partial charge is 0.462 e. The summed E-state index contributed by atoms with van der Waals surface area (Å²) in [5.41, 5.74) is 0. The first-order valence-corrected chi connectivity index (χ1v) is 18.7. The van der Waals surface area contributed by atoms with Crippen molar-refractivity contribution in [3.63, 3.8) is 0 Å². The van der Waals surface area contributed by atoms with E-state index in [2.05, 4.69) is 62.5 Å². The Bertz CT molecular complexity index is 767. The molecule has 0 spiro atoms. The normalized spacial score (nSPS) is 12.7. The Morgan fingerprint density at radius 2 is 0.956 bits per heavy atom. The molecule has 0 saturated heterocycles. The first-order chi connectivity index (χ1) is 22.1. The Hall–Kier alpha value is -2.14. The fourth-order valence-corrected chi connectivity index (χ4v) is 5.07. The van der Waals surface area contributed by atoms with Crippen LogP contribution in [0.4, 0.5) is 0 Å². The van der Waals surface area contributed by atoms with Gasteiger partial charge in [0.05, 0.1) is 6.61 Å². The highest BCUT2D eigenvalue weighted by atomic mass is 16.6. The number of carbonyl (C=O) groups excluding carboxylic acids is 2. The van der Waals surface area contributed by atoms with Crippen LogP contribution in [0, 0.1) is 0 Å². The maximum absolute atomic E-state index is 12.1. The highest BCUT2D eigenvalue weighted by Crippen LogP contribution is 2.14. The summed E-state index contributed by atoms with van der Waals surface area (Å²) in [4.78, 5) is 24.2. The number of aliphatic hydroxyl groups is 1. The lowest BCUT2D eigenvalue weighted by atomic mass is 10.0. The van der Waals surface area contributed by atoms with Crippen molar-refractivity contribution in [3.8, 4) is 0 Å². The fraction of sp³-hybridized carbons (Fsp3) is 0.750. The van der Waals surface area contributed by atoms with Crippen LogP contribution in [0.25, 0.3) is 0 Å². The van der Waals surface area contributed by atoms with Gasteiger partial charge in [0, 0.05) is 12.8 Å². The summed E-state index contributed by atoms with van der Waals surface area (Å²) in [5, 5.41) is 9.53. The van der Waals surface area contributed by atoms with Crippen molar-refractivity contribution in [1.82, 2.24) is 0 Å². The maximum atomic E-state index is 12.1. The van der Waals surface area contributed by atoms with Crippen LogP contribution in [-0.2, 0) is 19.1 Å². The molecule has 1 N–H and O–H groups in total. The van der Waals surface area contributed by atoms with Crippen LogP contribution in [0.3, 0.4) is 0 Å². The number of hydrogen-bond donors (Lipinski definition) is 1. The van der Waals surface area contributed by atoms with Gasteiger partial charge in [-0.1, -0.05) is 159 Å². The third kappa shape index (κ3) is 34.6. The topological polar surface area (TPSA) is 72.8 Å². The Kier molecular flexibility index (Phi) is 34.6. The third-order valence-electron chi connectivity index (χ3n) is 7.89. The van der Waals surface area contributed by atoms with E-state index in [9.17, 15) is 14.7 Å². The smallest absolute Gasteiger partial charge is 0.306 e. The number of aliphatic hydroxyl groups excluding tert-OH is 1. The van der Waals surface area contributed by atoms with Crippen LogP contribution in [0.2, 0.25) is 0 Å². The summed E-state index contributed by atoms with van der Waals surface area (Å²) in [6.07, 6.45) is 44.6. The molecule has 0 aliphatic rings. The van der Waals surface area contributed by atoms with Gasteiger partial charge in [-0.05, 0) is 51.4 Å². The van der Waals surface area contributed by atoms with Crippen molar-refractivity contribution in [3.05, 3.63) is 48.6 Å². The van der Waals surface area contributed by atoms with E-state index < -0.39 is 6.10 Å². The highest BCUT2D eigenvalue weighted by molar-refractivity contribution is 5.70. The molecule has 0 amide bonds. The number of rotatable bonds is 33. The van der Waals surface area contributed by atoms with Crippen molar-refractivity contribution in [2.24, 2.45) is 0 Å². The maximum Gasteiger partial charge on any atom is 0.306 e. The molecule has 260 valence electrons. The van der Waals surface area contributed by atoms with Gasteiger partial charge < -0.3 is 14.6 Å². The van der Waals surface area contributed by atoms with E-state index in [0.717, 1.165) is 64.2 Å². The molecule has 1 atom stereocenters. The second kappa shape index (κ2) is 36.3. The van der Waals surface area contributed by atoms with Gasteiger partial charge in [0.25, 0.3) is 0 Å². The fourth-order valence-electron chi connectivity index (χ4n) is 5.07. The lowest BCUT2D eigenvalue weighted by Crippen LogP contribution is -2.28. The van der Waals surface area contributed by atoms with Crippen molar-refractivity contribution in [1.29, 1.82) is 0 Å². The van der Waals surface area contributed by atoms with Crippen LogP contribution in [-0.4, -0.2) is 36.4 Å². The average Bonchev–Trinajstić information content (AvgIpc) is 3.04. The van der Waals surface area contributed by atoms with Gasteiger partial charge in [0.1, 0.15) is 6.61 Å². The summed E-state index contributed by atoms with van der Waals surface area (Å²) < 4.78 is 10.6. The van der Waals surface area contributed by atoms with Crippen LogP contribution in [0.1, 0.15) is 174 Å². The molecule has 5 heteroatoms. The molecule has 0 saturated carbocycles. The lowest BCUT2D eigenvalue weighted by molar-refractivity contribution is -0.161. The molecule has 0 bridgehead atoms. The Balaban J connectivity index is 3.62. The summed E-state index contributed by atoms with van der Waals surface area (Å²) in [6, 6.07) is 0. The van der Waals surface area contributed by atoms with Crippen molar-refractivity contribution in [2.75, 3.05) is 13.2 Å². The molecular weight excluding hydrogens is 560 g/mol. The zero-order valence-corrected chi connectivity index (χ0v) is 29.4. The molecule has 1 unspecified atom stereocenters. The quantitative estimate of drug-likeness (QED) is 0.0444. The predicted molar refractivity (Wildman–Crippen MR) is 191 cm³/mol. The summed E-state index contributed by atoms with van der Waals surface area (Å²) >= 11 is 0. The third-order valence-corrected chi connectivity index (χ3v) is 7.89. The molecule has 0 aromatic carbocycles. The number of hydrogen-bond acceptors (Lipinski definition) is 5. The van der Waals surface area contributed by atoms with Gasteiger partial charge >= 0.3 is 11.9 Å². The lowest BCUT2D eigenvalue weighted by Gasteiger charge is -2.15. The van der Waals surface area contributed by atoms with Crippen LogP contribution in [0.15, 0.2) is 48.6 Å². The van der Waals surface area contributed by atoms with E-state index in [1.165, 1.54) is 83.5 Å². The SMILES string of the molecule is CC/C=C\C/C=C\C/C=C\C/C=C\CCCCC(=O)OC(CO)COC(=O)CCCCCCCCCCCCCCCCCC. The number of esters is 2. The van der Waals surface area contributed by atoms with Crippen LogP contribution in [0.5, 0.6) is 0 Å². The molecular formula is C40H70O5. The molecule has 5 nitrogen and oxygen atoms in total. The van der Waals surface area contributed by atoms with Crippen molar-refractivity contribution < 1.29 is 24.2 Å². The Morgan fingerprint density at radius 1 is 0.533 bits per heavy atom. The van der Waals surface area contributed by atoms with Crippen molar-refractivity contribution >= 4 is 11.9 Å². The minimum absolute atomic E-state index is 0.0815. The number of ether oxygens (including phenoxy) is 2.